The molecule has 0 heterocycles. The van der Waals surface area contributed by atoms with Crippen LogP contribution in [-0.2, 0) is 0 Å². The molecule has 0 amide bonds. The van der Waals surface area contributed by atoms with Crippen molar-refractivity contribution in [3.05, 3.63) is 0 Å². The van der Waals surface area contributed by atoms with Crippen LogP contribution in [0.15, 0.2) is 0 Å². The molecule has 2 unspecified atom stereocenters. The Hall–Kier alpha value is 0.177. The van der Waals surface area contributed by atoms with Crippen LogP contribution in [0.2, 0.25) is 23.7 Å². The largest absolute Gasteiger partial charge is 0.393 e. The Morgan fingerprint density at radius 3 is 1.96 bits per heavy atom. The van der Waals surface area contributed by atoms with Crippen molar-refractivity contribution in [2.45, 2.75) is 124 Å². The van der Waals surface area contributed by atoms with Crippen molar-refractivity contribution < 1.29 is 5.11 Å². The standard InChI is InChI=1S/C26H50OSi/c1-9-28(10-2,11-3)23-16-19(5)20-14-15-26(8)21(17-22(23)25(20,6)7)18(4)12-13-24(26)27/h18-24,27H,9-17H2,1-8H3/t18-,19-,20+,21-,22-,23?,24?,26+/m1/s1. The summed E-state index contributed by atoms with van der Waals surface area (Å²) in [7, 11) is -1.25. The highest BCUT2D eigenvalue weighted by molar-refractivity contribution is 6.81. The van der Waals surface area contributed by atoms with E-state index in [1.807, 2.05) is 0 Å². The third-order valence-corrected chi connectivity index (χ3v) is 17.7. The van der Waals surface area contributed by atoms with Gasteiger partial charge in [0, 0.05) is 0 Å². The fourth-order valence-corrected chi connectivity index (χ4v) is 14.4. The molecule has 0 aromatic rings. The molecule has 0 spiro atoms. The first-order valence-corrected chi connectivity index (χ1v) is 15.4. The summed E-state index contributed by atoms with van der Waals surface area (Å²) in [6.07, 6.45) is 7.67. The molecule has 2 heteroatoms. The quantitative estimate of drug-likeness (QED) is 0.473. The summed E-state index contributed by atoms with van der Waals surface area (Å²) in [5, 5.41) is 11.1. The van der Waals surface area contributed by atoms with Gasteiger partial charge in [0.05, 0.1) is 14.2 Å². The summed E-state index contributed by atoms with van der Waals surface area (Å²) >= 11 is 0. The molecule has 0 aliphatic heterocycles. The minimum atomic E-state index is -1.25. The highest BCUT2D eigenvalue weighted by Gasteiger charge is 2.58. The Bertz CT molecular complexity index is 530. The van der Waals surface area contributed by atoms with E-state index in [4.69, 9.17) is 0 Å². The maximum Gasteiger partial charge on any atom is 0.0596 e. The molecule has 1 N–H and O–H groups in total. The van der Waals surface area contributed by atoms with Crippen molar-refractivity contribution in [1.82, 2.24) is 0 Å². The van der Waals surface area contributed by atoms with Gasteiger partial charge in [-0.3, -0.25) is 0 Å². The first-order chi connectivity index (χ1) is 13.1. The minimum absolute atomic E-state index is 0.0741. The van der Waals surface area contributed by atoms with E-state index in [2.05, 4.69) is 55.4 Å². The van der Waals surface area contributed by atoms with Crippen LogP contribution >= 0.6 is 0 Å². The number of rotatable bonds is 4. The molecule has 2 bridgehead atoms. The minimum Gasteiger partial charge on any atom is -0.393 e. The first kappa shape index (κ1) is 22.9. The number of hydrogen-bond acceptors (Lipinski definition) is 1. The van der Waals surface area contributed by atoms with Gasteiger partial charge in [0.1, 0.15) is 0 Å². The van der Waals surface area contributed by atoms with Gasteiger partial charge in [0.2, 0.25) is 0 Å². The van der Waals surface area contributed by atoms with Crippen molar-refractivity contribution in [1.29, 1.82) is 0 Å². The highest BCUT2D eigenvalue weighted by atomic mass is 28.3. The molecule has 3 fully saturated rings. The lowest BCUT2D eigenvalue weighted by Crippen LogP contribution is -2.57. The van der Waals surface area contributed by atoms with Gasteiger partial charge in [-0.05, 0) is 84.5 Å². The maximum absolute atomic E-state index is 11.1. The van der Waals surface area contributed by atoms with E-state index in [0.29, 0.717) is 5.41 Å². The van der Waals surface area contributed by atoms with E-state index < -0.39 is 8.07 Å². The highest BCUT2D eigenvalue weighted by Crippen LogP contribution is 2.65. The molecule has 8 atom stereocenters. The van der Waals surface area contributed by atoms with Crippen molar-refractivity contribution in [3.8, 4) is 0 Å². The van der Waals surface area contributed by atoms with Gasteiger partial charge in [0.25, 0.3) is 0 Å². The van der Waals surface area contributed by atoms with E-state index in [1.165, 1.54) is 50.2 Å². The molecule has 3 saturated carbocycles. The second-order valence-corrected chi connectivity index (χ2v) is 17.8. The zero-order valence-electron chi connectivity index (χ0n) is 20.4. The summed E-state index contributed by atoms with van der Waals surface area (Å²) in [5.74, 6) is 4.06. The van der Waals surface area contributed by atoms with Crippen molar-refractivity contribution >= 4 is 8.07 Å². The van der Waals surface area contributed by atoms with Gasteiger partial charge < -0.3 is 5.11 Å². The Morgan fingerprint density at radius 2 is 1.39 bits per heavy atom. The predicted octanol–water partition coefficient (Wildman–Crippen LogP) is 7.76. The van der Waals surface area contributed by atoms with Gasteiger partial charge >= 0.3 is 0 Å². The first-order valence-electron chi connectivity index (χ1n) is 12.7. The lowest BCUT2D eigenvalue weighted by Gasteiger charge is -2.62. The third-order valence-electron chi connectivity index (χ3n) is 11.3. The molecule has 0 saturated heterocycles. The molecular weight excluding hydrogens is 356 g/mol. The van der Waals surface area contributed by atoms with Crippen LogP contribution in [-0.4, -0.2) is 19.3 Å². The molecule has 3 rings (SSSR count). The predicted molar refractivity (Wildman–Crippen MR) is 125 cm³/mol. The van der Waals surface area contributed by atoms with Gasteiger partial charge in [-0.25, -0.2) is 0 Å². The molecule has 3 aliphatic rings. The lowest BCUT2D eigenvalue weighted by molar-refractivity contribution is -0.121. The zero-order chi connectivity index (χ0) is 20.9. The molecule has 0 aromatic heterocycles. The van der Waals surface area contributed by atoms with E-state index >= 15 is 0 Å². The van der Waals surface area contributed by atoms with Gasteiger partial charge in [-0.2, -0.15) is 0 Å². The SMILES string of the molecule is CC[Si](CC)(CC)C1C[C@@H](C)[C@@H]2CC[C@]3(C)C(O)CC[C@@H](C)[C@H]3C[C@H]1C2(C)C. The second kappa shape index (κ2) is 8.02. The van der Waals surface area contributed by atoms with Crippen molar-refractivity contribution in [2.75, 3.05) is 0 Å². The Morgan fingerprint density at radius 1 is 0.786 bits per heavy atom. The van der Waals surface area contributed by atoms with E-state index in [-0.39, 0.29) is 11.5 Å². The van der Waals surface area contributed by atoms with Crippen LogP contribution in [0, 0.1) is 40.4 Å². The molecule has 164 valence electrons. The van der Waals surface area contributed by atoms with Crippen molar-refractivity contribution in [2.24, 2.45) is 40.4 Å². The van der Waals surface area contributed by atoms with Crippen molar-refractivity contribution in [3.63, 3.8) is 0 Å². The monoisotopic (exact) mass is 406 g/mol. The average molecular weight is 407 g/mol. The fraction of sp³-hybridized carbons (Fsp3) is 1.00. The zero-order valence-corrected chi connectivity index (χ0v) is 21.4. The average Bonchev–Trinajstić information content (AvgIpc) is 2.65. The second-order valence-electron chi connectivity index (χ2n) is 12.2. The molecule has 0 aromatic carbocycles. The van der Waals surface area contributed by atoms with Crippen LogP contribution in [0.25, 0.3) is 0 Å². The topological polar surface area (TPSA) is 20.2 Å². The van der Waals surface area contributed by atoms with Crippen LogP contribution < -0.4 is 0 Å². The normalized spacial score (nSPS) is 46.4. The van der Waals surface area contributed by atoms with Crippen LogP contribution in [0.3, 0.4) is 0 Å². The van der Waals surface area contributed by atoms with Crippen LogP contribution in [0.4, 0.5) is 0 Å². The van der Waals surface area contributed by atoms with E-state index in [0.717, 1.165) is 41.6 Å². The van der Waals surface area contributed by atoms with Gasteiger partial charge in [0.15, 0.2) is 0 Å². The molecule has 1 nitrogen and oxygen atoms in total. The van der Waals surface area contributed by atoms with E-state index in [9.17, 15) is 5.11 Å². The summed E-state index contributed by atoms with van der Waals surface area (Å²) in [6, 6.07) is 4.40. The summed E-state index contributed by atoms with van der Waals surface area (Å²) < 4.78 is 0. The summed E-state index contributed by atoms with van der Waals surface area (Å²) in [6.45, 7) is 20.4. The van der Waals surface area contributed by atoms with Crippen LogP contribution in [0.5, 0.6) is 0 Å². The maximum atomic E-state index is 11.1. The molecule has 28 heavy (non-hydrogen) atoms. The molecule has 3 aliphatic carbocycles. The Labute approximate surface area is 177 Å². The smallest absolute Gasteiger partial charge is 0.0596 e. The number of fused-ring (bicyclic) bond motifs is 3. The summed E-state index contributed by atoms with van der Waals surface area (Å²) in [4.78, 5) is 0. The van der Waals surface area contributed by atoms with Gasteiger partial charge in [-0.1, -0.05) is 73.5 Å². The third kappa shape index (κ3) is 3.37. The van der Waals surface area contributed by atoms with Gasteiger partial charge in [-0.15, -0.1) is 0 Å². The Balaban J connectivity index is 2.07. The molecule has 0 radical (unpaired) electrons. The lowest BCUT2D eigenvalue weighted by atomic mass is 9.48. The van der Waals surface area contributed by atoms with Crippen LogP contribution in [0.1, 0.15) is 93.9 Å². The number of aliphatic hydroxyl groups is 1. The number of aliphatic hydroxyl groups excluding tert-OH is 1. The fourth-order valence-electron chi connectivity index (χ4n) is 9.04. The Kier molecular flexibility index (Phi) is 6.55. The van der Waals surface area contributed by atoms with E-state index in [1.54, 1.807) is 0 Å². The molecular formula is C26H50OSi. The number of hydrogen-bond donors (Lipinski definition) is 1. The summed E-state index contributed by atoms with van der Waals surface area (Å²) in [5.41, 5.74) is 1.60.